The Labute approximate surface area is 280 Å². The van der Waals surface area contributed by atoms with E-state index in [0.29, 0.717) is 19.4 Å². The van der Waals surface area contributed by atoms with Crippen molar-refractivity contribution in [2.24, 2.45) is 16.5 Å². The number of amides is 6. The molecule has 9 N–H and O–H groups in total. The van der Waals surface area contributed by atoms with Crippen LogP contribution >= 0.6 is 0 Å². The molecule has 0 spiro atoms. The lowest BCUT2D eigenvalue weighted by atomic mass is 10.0. The van der Waals surface area contributed by atoms with E-state index in [1.54, 1.807) is 0 Å². The first-order valence-corrected chi connectivity index (χ1v) is 16.2. The number of rotatable bonds is 13. The standard InChI is InChI=1S/C33H47N9O6/c1-22(43)36-14-6-2-3-7-16-42-21-29(45)40-26(11-8-15-37-33(34)35)32(48)41-27(31(47)39-19-28(44)38-20-30(42)46)18-23-12-13-24-9-4-5-10-25(24)17-23/h4-5,9-10,12-13,17,26-27H,2-3,6-8,11,14-16,18-21H2,1H3,(H,36,43)(H,38,44)(H,39,47)(H,40,45)(H,41,48)(H4,34,35,37). The number of benzene rings is 2. The number of unbranched alkanes of at least 4 members (excludes halogenated alkanes) is 3. The lowest BCUT2D eigenvalue weighted by molar-refractivity contribution is -0.137. The van der Waals surface area contributed by atoms with Crippen LogP contribution in [0.5, 0.6) is 0 Å². The number of nitrogens with two attached hydrogens (primary N) is 2. The molecular formula is C33H47N9O6. The highest BCUT2D eigenvalue weighted by Crippen LogP contribution is 2.17. The second-order valence-corrected chi connectivity index (χ2v) is 11.7. The number of guanidine groups is 1. The van der Waals surface area contributed by atoms with Gasteiger partial charge in [-0.05, 0) is 42.0 Å². The van der Waals surface area contributed by atoms with E-state index in [0.717, 1.165) is 35.6 Å². The summed E-state index contributed by atoms with van der Waals surface area (Å²) in [5, 5.41) is 15.3. The number of hydrogen-bond acceptors (Lipinski definition) is 7. The molecule has 0 bridgehead atoms. The summed E-state index contributed by atoms with van der Waals surface area (Å²) in [6.07, 6.45) is 3.53. The van der Waals surface area contributed by atoms with E-state index in [4.69, 9.17) is 11.5 Å². The molecular weight excluding hydrogens is 618 g/mol. The summed E-state index contributed by atoms with van der Waals surface area (Å²) in [6.45, 7) is 1.34. The first-order chi connectivity index (χ1) is 23.0. The average molecular weight is 666 g/mol. The minimum atomic E-state index is -1.07. The van der Waals surface area contributed by atoms with E-state index >= 15 is 0 Å². The fourth-order valence-corrected chi connectivity index (χ4v) is 5.25. The third-order valence-corrected chi connectivity index (χ3v) is 7.76. The van der Waals surface area contributed by atoms with Gasteiger partial charge in [-0.1, -0.05) is 55.3 Å². The van der Waals surface area contributed by atoms with E-state index < -0.39 is 48.2 Å². The maximum atomic E-state index is 13.7. The molecule has 1 heterocycles. The molecule has 0 saturated carbocycles. The summed E-state index contributed by atoms with van der Waals surface area (Å²) < 4.78 is 0. The van der Waals surface area contributed by atoms with Crippen LogP contribution in [0.15, 0.2) is 47.5 Å². The van der Waals surface area contributed by atoms with Gasteiger partial charge in [-0.3, -0.25) is 33.8 Å². The van der Waals surface area contributed by atoms with Gasteiger partial charge in [0.1, 0.15) is 12.1 Å². The van der Waals surface area contributed by atoms with Gasteiger partial charge in [-0.2, -0.15) is 0 Å². The Hall–Kier alpha value is -5.21. The molecule has 1 aliphatic rings. The number of carbonyl (C=O) groups is 6. The molecule has 1 fully saturated rings. The highest BCUT2D eigenvalue weighted by atomic mass is 16.2. The van der Waals surface area contributed by atoms with Gasteiger partial charge in [-0.15, -0.1) is 0 Å². The van der Waals surface area contributed by atoms with Crippen LogP contribution in [0.4, 0.5) is 0 Å². The van der Waals surface area contributed by atoms with E-state index in [-0.39, 0.29) is 50.9 Å². The van der Waals surface area contributed by atoms with Crippen molar-refractivity contribution in [3.8, 4) is 0 Å². The number of nitrogens with zero attached hydrogens (tertiary/aromatic N) is 2. The Kier molecular flexibility index (Phi) is 15.1. The normalized spacial score (nSPS) is 18.1. The molecule has 15 nitrogen and oxygen atoms in total. The fourth-order valence-electron chi connectivity index (χ4n) is 5.25. The van der Waals surface area contributed by atoms with E-state index in [1.807, 2.05) is 42.5 Å². The third-order valence-electron chi connectivity index (χ3n) is 7.76. The predicted octanol–water partition coefficient (Wildman–Crippen LogP) is -0.823. The van der Waals surface area contributed by atoms with Gasteiger partial charge in [0.2, 0.25) is 35.4 Å². The van der Waals surface area contributed by atoms with Crippen LogP contribution in [0.1, 0.15) is 51.0 Å². The van der Waals surface area contributed by atoms with Gasteiger partial charge in [0.05, 0.1) is 19.6 Å². The highest BCUT2D eigenvalue weighted by molar-refractivity contribution is 5.95. The van der Waals surface area contributed by atoms with Crippen LogP contribution in [0.2, 0.25) is 0 Å². The van der Waals surface area contributed by atoms with Crippen LogP contribution in [-0.2, 0) is 35.2 Å². The molecule has 2 atom stereocenters. The lowest BCUT2D eigenvalue weighted by Gasteiger charge is -2.25. The van der Waals surface area contributed by atoms with Crippen LogP contribution < -0.4 is 38.1 Å². The zero-order valence-electron chi connectivity index (χ0n) is 27.4. The van der Waals surface area contributed by atoms with Crippen molar-refractivity contribution < 1.29 is 28.8 Å². The van der Waals surface area contributed by atoms with Crippen LogP contribution in [0.25, 0.3) is 10.8 Å². The quantitative estimate of drug-likeness (QED) is 0.0810. The molecule has 6 amide bonds. The lowest BCUT2D eigenvalue weighted by Crippen LogP contribution is -2.55. The first-order valence-electron chi connectivity index (χ1n) is 16.2. The Morgan fingerprint density at radius 2 is 1.60 bits per heavy atom. The van der Waals surface area contributed by atoms with Gasteiger partial charge >= 0.3 is 0 Å². The molecule has 2 aromatic rings. The van der Waals surface area contributed by atoms with Crippen molar-refractivity contribution in [1.82, 2.24) is 31.5 Å². The van der Waals surface area contributed by atoms with Crippen LogP contribution in [0.3, 0.4) is 0 Å². The van der Waals surface area contributed by atoms with Crippen molar-refractivity contribution in [3.63, 3.8) is 0 Å². The zero-order valence-corrected chi connectivity index (χ0v) is 27.4. The minimum Gasteiger partial charge on any atom is -0.370 e. The molecule has 0 aliphatic carbocycles. The van der Waals surface area contributed by atoms with Gasteiger partial charge in [0, 0.05) is 33.0 Å². The first kappa shape index (κ1) is 37.2. The van der Waals surface area contributed by atoms with Crippen molar-refractivity contribution in [1.29, 1.82) is 0 Å². The fraction of sp³-hybridized carbons (Fsp3) is 0.485. The molecule has 2 unspecified atom stereocenters. The minimum absolute atomic E-state index is 0.0987. The smallest absolute Gasteiger partial charge is 0.243 e. The molecule has 260 valence electrons. The van der Waals surface area contributed by atoms with Crippen molar-refractivity contribution >= 4 is 52.2 Å². The van der Waals surface area contributed by atoms with E-state index in [1.165, 1.54) is 11.8 Å². The Bertz CT molecular complexity index is 1480. The summed E-state index contributed by atoms with van der Waals surface area (Å²) in [4.78, 5) is 82.3. The molecule has 15 heteroatoms. The molecule has 48 heavy (non-hydrogen) atoms. The second-order valence-electron chi connectivity index (χ2n) is 11.7. The van der Waals surface area contributed by atoms with Crippen molar-refractivity contribution in [2.45, 2.75) is 64.0 Å². The summed E-state index contributed by atoms with van der Waals surface area (Å²) in [7, 11) is 0. The third kappa shape index (κ3) is 13.3. The SMILES string of the molecule is CC(=O)NCCCCCCN1CC(=O)NC(CCCN=C(N)N)C(=O)NC(Cc2ccc3ccccc3c2)C(=O)NCC(=O)NCC1=O. The van der Waals surface area contributed by atoms with Crippen LogP contribution in [-0.4, -0.2) is 97.7 Å². The van der Waals surface area contributed by atoms with Gasteiger partial charge < -0.3 is 43.0 Å². The number of fused-ring (bicyclic) bond motifs is 1. The van der Waals surface area contributed by atoms with Crippen LogP contribution in [0, 0.1) is 0 Å². The summed E-state index contributed by atoms with van der Waals surface area (Å²) in [6, 6.07) is 11.3. The van der Waals surface area contributed by atoms with Gasteiger partial charge in [0.25, 0.3) is 0 Å². The number of aliphatic imine (C=N–C) groups is 1. The maximum Gasteiger partial charge on any atom is 0.243 e. The summed E-state index contributed by atoms with van der Waals surface area (Å²) in [5.41, 5.74) is 11.6. The van der Waals surface area contributed by atoms with E-state index in [2.05, 4.69) is 31.6 Å². The molecule has 0 aromatic heterocycles. The van der Waals surface area contributed by atoms with Gasteiger partial charge in [0.15, 0.2) is 5.96 Å². The Balaban J connectivity index is 1.78. The molecule has 2 aromatic carbocycles. The van der Waals surface area contributed by atoms with Gasteiger partial charge in [-0.25, -0.2) is 0 Å². The summed E-state index contributed by atoms with van der Waals surface area (Å²) in [5.74, 6) is -3.07. The molecule has 1 aliphatic heterocycles. The second kappa shape index (κ2) is 19.5. The molecule has 0 radical (unpaired) electrons. The largest absolute Gasteiger partial charge is 0.370 e. The zero-order chi connectivity index (χ0) is 34.9. The molecule has 3 rings (SSSR count). The predicted molar refractivity (Wildman–Crippen MR) is 181 cm³/mol. The number of hydrogen-bond donors (Lipinski definition) is 7. The Morgan fingerprint density at radius 3 is 2.35 bits per heavy atom. The van der Waals surface area contributed by atoms with Crippen molar-refractivity contribution in [3.05, 3.63) is 48.0 Å². The maximum absolute atomic E-state index is 13.7. The van der Waals surface area contributed by atoms with E-state index in [9.17, 15) is 28.8 Å². The topological polar surface area (TPSA) is 230 Å². The van der Waals surface area contributed by atoms with Crippen molar-refractivity contribution in [2.75, 3.05) is 39.3 Å². The Morgan fingerprint density at radius 1 is 0.854 bits per heavy atom. The average Bonchev–Trinajstić information content (AvgIpc) is 3.05. The monoisotopic (exact) mass is 665 g/mol. The highest BCUT2D eigenvalue weighted by Gasteiger charge is 2.29. The number of nitrogens with one attached hydrogen (secondary N) is 5. The molecule has 1 saturated heterocycles. The summed E-state index contributed by atoms with van der Waals surface area (Å²) >= 11 is 0. The number of carbonyl (C=O) groups excluding carboxylic acids is 6.